The standard InChI is InChI=1S/C30H36O5/c1-15(2)29(31)34-14-13-33-27-21(9)17(5)25(18(6)22(27)10)26-19(7)23(11)28(24(12)20(26)8)35-30(32)16(3)4/h13-14H,1,3H2,2,4-12H3/b14-13+. The maximum absolute atomic E-state index is 12.2. The minimum atomic E-state index is -0.505. The Morgan fingerprint density at radius 2 is 0.943 bits per heavy atom. The van der Waals surface area contributed by atoms with Gasteiger partial charge < -0.3 is 14.2 Å². The van der Waals surface area contributed by atoms with Crippen LogP contribution in [-0.4, -0.2) is 11.9 Å². The molecule has 186 valence electrons. The van der Waals surface area contributed by atoms with E-state index in [-0.39, 0.29) is 0 Å². The third-order valence-electron chi connectivity index (χ3n) is 6.67. The molecule has 0 amide bonds. The average Bonchev–Trinajstić information content (AvgIpc) is 2.80. The summed E-state index contributed by atoms with van der Waals surface area (Å²) in [6, 6.07) is 0. The van der Waals surface area contributed by atoms with E-state index in [1.54, 1.807) is 13.8 Å². The van der Waals surface area contributed by atoms with E-state index in [0.29, 0.717) is 16.9 Å². The van der Waals surface area contributed by atoms with Crippen LogP contribution < -0.4 is 9.47 Å². The minimum Gasteiger partial charge on any atom is -0.461 e. The van der Waals surface area contributed by atoms with Gasteiger partial charge >= 0.3 is 11.9 Å². The fraction of sp³-hybridized carbons (Fsp3) is 0.333. The molecule has 5 nitrogen and oxygen atoms in total. The smallest absolute Gasteiger partial charge is 0.338 e. The first-order chi connectivity index (χ1) is 16.2. The lowest BCUT2D eigenvalue weighted by Gasteiger charge is -2.25. The summed E-state index contributed by atoms with van der Waals surface area (Å²) in [5, 5.41) is 0. The zero-order chi connectivity index (χ0) is 26.8. The Bertz CT molecular complexity index is 1220. The van der Waals surface area contributed by atoms with E-state index in [2.05, 4.69) is 40.9 Å². The molecule has 0 bridgehead atoms. The van der Waals surface area contributed by atoms with Crippen molar-refractivity contribution in [1.82, 2.24) is 0 Å². The van der Waals surface area contributed by atoms with Crippen molar-refractivity contribution in [2.45, 2.75) is 69.2 Å². The number of hydrogen-bond acceptors (Lipinski definition) is 5. The van der Waals surface area contributed by atoms with Crippen LogP contribution in [0.4, 0.5) is 0 Å². The highest BCUT2D eigenvalue weighted by Gasteiger charge is 2.24. The van der Waals surface area contributed by atoms with Crippen LogP contribution in [0.15, 0.2) is 36.8 Å². The molecule has 35 heavy (non-hydrogen) atoms. The third-order valence-corrected chi connectivity index (χ3v) is 6.67. The first-order valence-electron chi connectivity index (χ1n) is 11.5. The normalized spacial score (nSPS) is 10.9. The molecule has 0 saturated carbocycles. The van der Waals surface area contributed by atoms with E-state index in [1.807, 2.05) is 27.7 Å². The molecule has 0 fully saturated rings. The average molecular weight is 477 g/mol. The maximum atomic E-state index is 12.2. The van der Waals surface area contributed by atoms with Gasteiger partial charge in [0.1, 0.15) is 24.0 Å². The highest BCUT2D eigenvalue weighted by Crippen LogP contribution is 2.44. The molecule has 0 aliphatic carbocycles. The molecule has 0 aromatic heterocycles. The van der Waals surface area contributed by atoms with Crippen LogP contribution in [0.1, 0.15) is 58.4 Å². The monoisotopic (exact) mass is 476 g/mol. The van der Waals surface area contributed by atoms with Crippen molar-refractivity contribution in [3.05, 3.63) is 81.3 Å². The van der Waals surface area contributed by atoms with E-state index in [9.17, 15) is 9.59 Å². The number of ether oxygens (including phenoxy) is 3. The van der Waals surface area contributed by atoms with Crippen molar-refractivity contribution in [1.29, 1.82) is 0 Å². The summed E-state index contributed by atoms with van der Waals surface area (Å²) < 4.78 is 16.6. The molecule has 0 N–H and O–H groups in total. The van der Waals surface area contributed by atoms with Crippen molar-refractivity contribution < 1.29 is 23.8 Å². The Balaban J connectivity index is 2.63. The van der Waals surface area contributed by atoms with Gasteiger partial charge in [0, 0.05) is 11.1 Å². The number of carbonyl (C=O) groups excluding carboxylic acids is 2. The van der Waals surface area contributed by atoms with Gasteiger partial charge in [0.05, 0.1) is 0 Å². The second kappa shape index (κ2) is 10.8. The molecule has 0 saturated heterocycles. The van der Waals surface area contributed by atoms with Crippen LogP contribution in [0.2, 0.25) is 0 Å². The minimum absolute atomic E-state index is 0.315. The fourth-order valence-electron chi connectivity index (χ4n) is 4.10. The zero-order valence-electron chi connectivity index (χ0n) is 22.6. The topological polar surface area (TPSA) is 61.8 Å². The van der Waals surface area contributed by atoms with Crippen molar-refractivity contribution in [3.63, 3.8) is 0 Å². The van der Waals surface area contributed by atoms with Crippen LogP contribution >= 0.6 is 0 Å². The summed E-state index contributed by atoms with van der Waals surface area (Å²) in [5.41, 5.74) is 11.1. The molecule has 5 heteroatoms. The predicted octanol–water partition coefficient (Wildman–Crippen LogP) is 7.27. The van der Waals surface area contributed by atoms with Gasteiger partial charge in [-0.3, -0.25) is 0 Å². The van der Waals surface area contributed by atoms with Gasteiger partial charge in [0.15, 0.2) is 0 Å². The zero-order valence-corrected chi connectivity index (χ0v) is 22.6. The molecule has 0 atom stereocenters. The first-order valence-corrected chi connectivity index (χ1v) is 11.5. The number of carbonyl (C=O) groups is 2. The lowest BCUT2D eigenvalue weighted by molar-refractivity contribution is -0.133. The molecule has 0 aliphatic heterocycles. The van der Waals surface area contributed by atoms with Gasteiger partial charge in [-0.15, -0.1) is 0 Å². The first kappa shape index (κ1) is 27.6. The van der Waals surface area contributed by atoms with Gasteiger partial charge in [-0.05, 0) is 125 Å². The van der Waals surface area contributed by atoms with Gasteiger partial charge in [-0.25, -0.2) is 9.59 Å². The Labute approximate surface area is 209 Å². The SMILES string of the molecule is C=C(C)C(=O)O/C=C/Oc1c(C)c(C)c(-c2c(C)c(C)c(OC(=O)C(=C)C)c(C)c2C)c(C)c1C. The fourth-order valence-corrected chi connectivity index (χ4v) is 4.10. The van der Waals surface area contributed by atoms with Crippen LogP contribution in [0, 0.1) is 55.4 Å². The highest BCUT2D eigenvalue weighted by atomic mass is 16.5. The van der Waals surface area contributed by atoms with E-state index in [1.165, 1.54) is 12.5 Å². The van der Waals surface area contributed by atoms with Crippen molar-refractivity contribution in [2.24, 2.45) is 0 Å². The maximum Gasteiger partial charge on any atom is 0.338 e. The molecule has 2 rings (SSSR count). The predicted molar refractivity (Wildman–Crippen MR) is 141 cm³/mol. The van der Waals surface area contributed by atoms with Crippen LogP contribution in [0.3, 0.4) is 0 Å². The van der Waals surface area contributed by atoms with Gasteiger partial charge in [-0.1, -0.05) is 13.2 Å². The molecule has 0 spiro atoms. The van der Waals surface area contributed by atoms with Crippen molar-refractivity contribution in [3.8, 4) is 22.6 Å². The van der Waals surface area contributed by atoms with Crippen molar-refractivity contribution in [2.75, 3.05) is 0 Å². The number of benzene rings is 2. The van der Waals surface area contributed by atoms with E-state index in [0.717, 1.165) is 61.4 Å². The number of rotatable bonds is 7. The van der Waals surface area contributed by atoms with Crippen LogP contribution in [-0.2, 0) is 14.3 Å². The van der Waals surface area contributed by atoms with Gasteiger partial charge in [0.2, 0.25) is 0 Å². The van der Waals surface area contributed by atoms with Crippen LogP contribution in [0.5, 0.6) is 11.5 Å². The summed E-state index contributed by atoms with van der Waals surface area (Å²) in [6.07, 6.45) is 2.59. The van der Waals surface area contributed by atoms with Gasteiger partial charge in [-0.2, -0.15) is 0 Å². The molecule has 2 aromatic rings. The molecular formula is C30H36O5. The number of hydrogen-bond donors (Lipinski definition) is 0. The second-order valence-electron chi connectivity index (χ2n) is 9.15. The quantitative estimate of drug-likeness (QED) is 0.182. The molecule has 0 heterocycles. The summed E-state index contributed by atoms with van der Waals surface area (Å²) in [5.74, 6) is 0.386. The molecule has 2 aromatic carbocycles. The lowest BCUT2D eigenvalue weighted by atomic mass is 9.82. The third kappa shape index (κ3) is 5.40. The molecule has 0 unspecified atom stereocenters. The van der Waals surface area contributed by atoms with Gasteiger partial charge in [0.25, 0.3) is 0 Å². The highest BCUT2D eigenvalue weighted by molar-refractivity contribution is 5.90. The Morgan fingerprint density at radius 1 is 0.571 bits per heavy atom. The van der Waals surface area contributed by atoms with E-state index >= 15 is 0 Å². The Hall–Kier alpha value is -3.60. The lowest BCUT2D eigenvalue weighted by Crippen LogP contribution is -2.12. The molecular weight excluding hydrogens is 440 g/mol. The summed E-state index contributed by atoms with van der Waals surface area (Å²) in [4.78, 5) is 23.8. The summed E-state index contributed by atoms with van der Waals surface area (Å²) in [6.45, 7) is 26.7. The van der Waals surface area contributed by atoms with Crippen LogP contribution in [0.25, 0.3) is 11.1 Å². The molecule has 0 aliphatic rings. The second-order valence-corrected chi connectivity index (χ2v) is 9.15. The Morgan fingerprint density at radius 3 is 1.31 bits per heavy atom. The van der Waals surface area contributed by atoms with Crippen molar-refractivity contribution >= 4 is 11.9 Å². The number of esters is 2. The largest absolute Gasteiger partial charge is 0.461 e. The van der Waals surface area contributed by atoms with E-state index in [4.69, 9.17) is 14.2 Å². The summed E-state index contributed by atoms with van der Waals surface area (Å²) >= 11 is 0. The summed E-state index contributed by atoms with van der Waals surface area (Å²) in [7, 11) is 0. The molecule has 0 radical (unpaired) electrons. The van der Waals surface area contributed by atoms with E-state index < -0.39 is 11.9 Å². The Kier molecular flexibility index (Phi) is 8.50.